The quantitative estimate of drug-likeness (QED) is 0.547. The molecule has 0 aromatic carbocycles. The van der Waals surface area contributed by atoms with Gasteiger partial charge in [-0.25, -0.2) is 0 Å². The van der Waals surface area contributed by atoms with Gasteiger partial charge in [0.15, 0.2) is 0 Å². The summed E-state index contributed by atoms with van der Waals surface area (Å²) in [6, 6.07) is 2.27. The second kappa shape index (κ2) is 5.09. The molecule has 0 unspecified atom stereocenters. The Balaban J connectivity index is 1.60. The lowest BCUT2D eigenvalue weighted by Crippen LogP contribution is -2.35. The van der Waals surface area contributed by atoms with E-state index in [9.17, 15) is 10.1 Å². The van der Waals surface area contributed by atoms with Gasteiger partial charge in [0.2, 0.25) is 5.82 Å². The highest BCUT2D eigenvalue weighted by molar-refractivity contribution is 7.15. The van der Waals surface area contributed by atoms with Crippen molar-refractivity contribution in [1.82, 2.24) is 19.2 Å². The zero-order valence-electron chi connectivity index (χ0n) is 11.7. The van der Waals surface area contributed by atoms with Crippen LogP contribution >= 0.6 is 11.3 Å². The molecule has 1 aliphatic rings. The number of imidazole rings is 1. The van der Waals surface area contributed by atoms with E-state index in [0.717, 1.165) is 25.9 Å². The van der Waals surface area contributed by atoms with Crippen LogP contribution < -0.4 is 4.90 Å². The van der Waals surface area contributed by atoms with E-state index in [0.29, 0.717) is 16.8 Å². The third kappa shape index (κ3) is 2.05. The molecule has 8 nitrogen and oxygen atoms in total. The summed E-state index contributed by atoms with van der Waals surface area (Å²) in [4.78, 5) is 18.2. The van der Waals surface area contributed by atoms with Crippen molar-refractivity contribution in [2.75, 3.05) is 18.0 Å². The van der Waals surface area contributed by atoms with Gasteiger partial charge in [-0.3, -0.25) is 4.68 Å². The molecule has 0 spiro atoms. The summed E-state index contributed by atoms with van der Waals surface area (Å²) >= 11 is 1.41. The molecular weight excluding hydrogens is 304 g/mol. The first kappa shape index (κ1) is 13.3. The standard InChI is InChI=1S/C13H14N6O2S/c20-19(21)12-11(15-13-17(12)8-9-22-13)16-6-2-10(3-7-16)18-5-1-4-14-18/h1,4-5,8-10H,2-3,6-7H2. The molecule has 0 bridgehead atoms. The number of thiazole rings is 1. The van der Waals surface area contributed by atoms with Crippen molar-refractivity contribution >= 4 is 27.9 Å². The van der Waals surface area contributed by atoms with Crippen molar-refractivity contribution in [3.8, 4) is 0 Å². The Morgan fingerprint density at radius 1 is 1.32 bits per heavy atom. The number of hydrogen-bond acceptors (Lipinski definition) is 6. The number of nitrogens with zero attached hydrogens (tertiary/aromatic N) is 6. The Labute approximate surface area is 129 Å². The van der Waals surface area contributed by atoms with Crippen molar-refractivity contribution in [1.29, 1.82) is 0 Å². The van der Waals surface area contributed by atoms with Crippen LogP contribution in [0.15, 0.2) is 30.0 Å². The molecule has 1 fully saturated rings. The number of rotatable bonds is 3. The number of aromatic nitrogens is 4. The third-order valence-corrected chi connectivity index (χ3v) is 4.81. The molecule has 3 aromatic rings. The summed E-state index contributed by atoms with van der Waals surface area (Å²) in [7, 11) is 0. The van der Waals surface area contributed by atoms with Gasteiger partial charge in [0.25, 0.3) is 4.96 Å². The fourth-order valence-corrected chi connectivity index (χ4v) is 3.69. The predicted octanol–water partition coefficient (Wildman–Crippen LogP) is 2.34. The van der Waals surface area contributed by atoms with E-state index in [1.807, 2.05) is 27.2 Å². The zero-order valence-corrected chi connectivity index (χ0v) is 12.5. The molecular formula is C13H14N6O2S. The number of anilines is 1. The van der Waals surface area contributed by atoms with E-state index in [4.69, 9.17) is 0 Å². The van der Waals surface area contributed by atoms with Crippen LogP contribution in [0.2, 0.25) is 0 Å². The van der Waals surface area contributed by atoms with Gasteiger partial charge in [-0.2, -0.15) is 14.5 Å². The van der Waals surface area contributed by atoms with Gasteiger partial charge in [0.1, 0.15) is 6.20 Å². The number of hydrogen-bond donors (Lipinski definition) is 0. The minimum atomic E-state index is -0.346. The van der Waals surface area contributed by atoms with Crippen LogP contribution in [0, 0.1) is 10.1 Å². The molecule has 3 aromatic heterocycles. The zero-order chi connectivity index (χ0) is 15.1. The van der Waals surface area contributed by atoms with Crippen LogP contribution in [-0.2, 0) is 0 Å². The fraction of sp³-hybridized carbons (Fsp3) is 0.385. The van der Waals surface area contributed by atoms with E-state index in [2.05, 4.69) is 10.1 Å². The van der Waals surface area contributed by atoms with Crippen LogP contribution in [0.1, 0.15) is 18.9 Å². The first-order chi connectivity index (χ1) is 10.7. The van der Waals surface area contributed by atoms with E-state index in [1.54, 1.807) is 16.8 Å². The predicted molar refractivity (Wildman–Crippen MR) is 82.4 cm³/mol. The van der Waals surface area contributed by atoms with Crippen LogP contribution in [0.5, 0.6) is 0 Å². The highest BCUT2D eigenvalue weighted by atomic mass is 32.1. The smallest absolute Gasteiger partial charge is 0.358 e. The maximum atomic E-state index is 11.4. The Morgan fingerprint density at radius 3 is 2.82 bits per heavy atom. The molecule has 0 aliphatic carbocycles. The molecule has 22 heavy (non-hydrogen) atoms. The fourth-order valence-electron chi connectivity index (χ4n) is 2.98. The maximum Gasteiger partial charge on any atom is 0.373 e. The van der Waals surface area contributed by atoms with E-state index in [-0.39, 0.29) is 10.7 Å². The van der Waals surface area contributed by atoms with Gasteiger partial charge in [-0.15, -0.1) is 0 Å². The molecule has 9 heteroatoms. The number of piperidine rings is 1. The van der Waals surface area contributed by atoms with Gasteiger partial charge < -0.3 is 15.0 Å². The molecule has 0 atom stereocenters. The Kier molecular flexibility index (Phi) is 3.07. The van der Waals surface area contributed by atoms with Crippen molar-refractivity contribution in [3.63, 3.8) is 0 Å². The van der Waals surface area contributed by atoms with Gasteiger partial charge in [0, 0.05) is 30.9 Å². The normalized spacial score (nSPS) is 16.5. The minimum Gasteiger partial charge on any atom is -0.358 e. The van der Waals surface area contributed by atoms with Gasteiger partial charge in [-0.1, -0.05) is 11.3 Å². The molecule has 4 heterocycles. The van der Waals surface area contributed by atoms with Crippen LogP contribution in [0.4, 0.5) is 11.6 Å². The highest BCUT2D eigenvalue weighted by Crippen LogP contribution is 2.34. The van der Waals surface area contributed by atoms with Crippen molar-refractivity contribution in [3.05, 3.63) is 40.2 Å². The molecule has 0 radical (unpaired) electrons. The summed E-state index contributed by atoms with van der Waals surface area (Å²) in [6.45, 7) is 1.49. The topological polar surface area (TPSA) is 81.5 Å². The lowest BCUT2D eigenvalue weighted by molar-refractivity contribution is -0.389. The van der Waals surface area contributed by atoms with Crippen molar-refractivity contribution in [2.24, 2.45) is 0 Å². The summed E-state index contributed by atoms with van der Waals surface area (Å²) < 4.78 is 3.52. The molecule has 0 saturated carbocycles. The van der Waals surface area contributed by atoms with Crippen molar-refractivity contribution in [2.45, 2.75) is 18.9 Å². The highest BCUT2D eigenvalue weighted by Gasteiger charge is 2.30. The average molecular weight is 318 g/mol. The first-order valence-corrected chi connectivity index (χ1v) is 7.96. The second-order valence-corrected chi connectivity index (χ2v) is 6.15. The maximum absolute atomic E-state index is 11.4. The summed E-state index contributed by atoms with van der Waals surface area (Å²) in [6.07, 6.45) is 7.26. The van der Waals surface area contributed by atoms with E-state index < -0.39 is 0 Å². The molecule has 0 amide bonds. The average Bonchev–Trinajstić information content (AvgIpc) is 3.23. The summed E-state index contributed by atoms with van der Waals surface area (Å²) in [5, 5.41) is 17.5. The Bertz CT molecular complexity index is 800. The Morgan fingerprint density at radius 2 is 2.14 bits per heavy atom. The summed E-state index contributed by atoms with van der Waals surface area (Å²) in [5.41, 5.74) is 0. The summed E-state index contributed by atoms with van der Waals surface area (Å²) in [5.74, 6) is 0.546. The Hall–Kier alpha value is -2.42. The van der Waals surface area contributed by atoms with Gasteiger partial charge in [-0.05, 0) is 23.8 Å². The van der Waals surface area contributed by atoms with E-state index >= 15 is 0 Å². The minimum absolute atomic E-state index is 0.0637. The molecule has 114 valence electrons. The monoisotopic (exact) mass is 318 g/mol. The van der Waals surface area contributed by atoms with Crippen LogP contribution in [-0.4, -0.2) is 37.2 Å². The van der Waals surface area contributed by atoms with Gasteiger partial charge >= 0.3 is 5.82 Å². The van der Waals surface area contributed by atoms with Gasteiger partial charge in [0.05, 0.1) is 6.04 Å². The van der Waals surface area contributed by atoms with E-state index in [1.165, 1.54) is 11.3 Å². The van der Waals surface area contributed by atoms with Crippen LogP contribution in [0.25, 0.3) is 4.96 Å². The van der Waals surface area contributed by atoms with Crippen LogP contribution in [0.3, 0.4) is 0 Å². The SMILES string of the molecule is O=[N+]([O-])c1c(N2CCC(n3cccn3)CC2)nc2sccn12. The second-order valence-electron chi connectivity index (χ2n) is 5.28. The molecule has 4 rings (SSSR count). The lowest BCUT2D eigenvalue weighted by Gasteiger charge is -2.31. The molecule has 0 N–H and O–H groups in total. The number of nitro groups is 1. The third-order valence-electron chi connectivity index (χ3n) is 4.06. The largest absolute Gasteiger partial charge is 0.373 e. The molecule has 1 saturated heterocycles. The van der Waals surface area contributed by atoms with Crippen molar-refractivity contribution < 1.29 is 4.92 Å². The number of fused-ring (bicyclic) bond motifs is 1. The molecule has 1 aliphatic heterocycles. The first-order valence-electron chi connectivity index (χ1n) is 7.08. The lowest BCUT2D eigenvalue weighted by atomic mass is 10.1.